The second kappa shape index (κ2) is 7.58. The van der Waals surface area contributed by atoms with Crippen molar-refractivity contribution in [3.05, 3.63) is 71.8 Å². The van der Waals surface area contributed by atoms with E-state index < -0.39 is 12.1 Å². The molecule has 0 aliphatic rings. The standard InChI is InChI=1S/C16H14N2O4/c19-15(20)14(13-9-5-2-6-10-13)17-18-16(21)22-11-12-7-3-1-4-8-12/h1-10H,11H2,(H,18,21)(H,19,20). The largest absolute Gasteiger partial charge is 0.476 e. The second-order valence-electron chi connectivity index (χ2n) is 4.31. The SMILES string of the molecule is O=C(NN=C(C(=O)O)c1ccccc1)OCc1ccccc1. The van der Waals surface area contributed by atoms with Gasteiger partial charge in [-0.15, -0.1) is 0 Å². The summed E-state index contributed by atoms with van der Waals surface area (Å²) in [5.41, 5.74) is 3.02. The Kier molecular flexibility index (Phi) is 5.25. The summed E-state index contributed by atoms with van der Waals surface area (Å²) >= 11 is 0. The fraction of sp³-hybridized carbons (Fsp3) is 0.0625. The molecule has 0 heterocycles. The molecule has 0 unspecified atom stereocenters. The average molecular weight is 298 g/mol. The Labute approximate surface area is 127 Å². The zero-order valence-corrected chi connectivity index (χ0v) is 11.6. The quantitative estimate of drug-likeness (QED) is 0.655. The Morgan fingerprint density at radius 3 is 2.18 bits per heavy atom. The van der Waals surface area contributed by atoms with Crippen molar-refractivity contribution in [3.8, 4) is 0 Å². The van der Waals surface area contributed by atoms with Gasteiger partial charge in [0.2, 0.25) is 0 Å². The molecule has 0 aliphatic heterocycles. The third-order valence-corrected chi connectivity index (χ3v) is 2.72. The normalized spacial score (nSPS) is 10.8. The highest BCUT2D eigenvalue weighted by molar-refractivity contribution is 6.42. The first-order chi connectivity index (χ1) is 10.7. The summed E-state index contributed by atoms with van der Waals surface area (Å²) in [7, 11) is 0. The van der Waals surface area contributed by atoms with Gasteiger partial charge >= 0.3 is 12.1 Å². The number of rotatable bonds is 5. The first kappa shape index (κ1) is 15.2. The number of carboxylic acid groups (broad SMARTS) is 1. The van der Waals surface area contributed by atoms with Crippen LogP contribution in [0.4, 0.5) is 4.79 Å². The van der Waals surface area contributed by atoms with E-state index in [4.69, 9.17) is 9.84 Å². The summed E-state index contributed by atoms with van der Waals surface area (Å²) in [6, 6.07) is 17.4. The van der Waals surface area contributed by atoms with Gasteiger partial charge in [0.1, 0.15) is 6.61 Å². The molecule has 2 aromatic rings. The first-order valence-corrected chi connectivity index (χ1v) is 6.50. The molecule has 2 N–H and O–H groups in total. The lowest BCUT2D eigenvalue weighted by Gasteiger charge is -2.05. The third-order valence-electron chi connectivity index (χ3n) is 2.72. The van der Waals surface area contributed by atoms with E-state index in [0.29, 0.717) is 5.56 Å². The molecule has 2 aromatic carbocycles. The number of amides is 1. The van der Waals surface area contributed by atoms with Gasteiger partial charge in [-0.05, 0) is 5.56 Å². The summed E-state index contributed by atoms with van der Waals surface area (Å²) in [5, 5.41) is 12.7. The van der Waals surface area contributed by atoms with E-state index >= 15 is 0 Å². The summed E-state index contributed by atoms with van der Waals surface area (Å²) < 4.78 is 4.94. The average Bonchev–Trinajstić information content (AvgIpc) is 2.55. The lowest BCUT2D eigenvalue weighted by molar-refractivity contribution is -0.129. The monoisotopic (exact) mass is 298 g/mol. The molecule has 0 fully saturated rings. The van der Waals surface area contributed by atoms with Gasteiger partial charge < -0.3 is 9.84 Å². The molecule has 0 aromatic heterocycles. The van der Waals surface area contributed by atoms with Crippen LogP contribution in [0.25, 0.3) is 0 Å². The maximum absolute atomic E-state index is 11.5. The fourth-order valence-electron chi connectivity index (χ4n) is 1.69. The molecule has 0 bridgehead atoms. The van der Waals surface area contributed by atoms with E-state index in [2.05, 4.69) is 10.5 Å². The number of carboxylic acids is 1. The van der Waals surface area contributed by atoms with Crippen LogP contribution >= 0.6 is 0 Å². The Hall–Kier alpha value is -3.15. The number of nitrogens with zero attached hydrogens (tertiary/aromatic N) is 1. The molecule has 6 heteroatoms. The molecule has 0 saturated carbocycles. The number of hydrogen-bond donors (Lipinski definition) is 2. The van der Waals surface area contributed by atoms with Gasteiger partial charge in [0, 0.05) is 5.56 Å². The summed E-state index contributed by atoms with van der Waals surface area (Å²) in [4.78, 5) is 22.7. The number of carbonyl (C=O) groups is 2. The van der Waals surface area contributed by atoms with E-state index in [1.54, 1.807) is 30.3 Å². The van der Waals surface area contributed by atoms with Crippen molar-refractivity contribution in [3.63, 3.8) is 0 Å². The maximum atomic E-state index is 11.5. The maximum Gasteiger partial charge on any atom is 0.428 e. The molecule has 0 aliphatic carbocycles. The fourth-order valence-corrected chi connectivity index (χ4v) is 1.69. The predicted molar refractivity (Wildman–Crippen MR) is 80.4 cm³/mol. The van der Waals surface area contributed by atoms with E-state index in [1.165, 1.54) is 0 Å². The molecule has 0 radical (unpaired) electrons. The van der Waals surface area contributed by atoms with Crippen LogP contribution in [0, 0.1) is 0 Å². The van der Waals surface area contributed by atoms with Crippen molar-refractivity contribution in [2.45, 2.75) is 6.61 Å². The van der Waals surface area contributed by atoms with Gasteiger partial charge in [-0.2, -0.15) is 5.10 Å². The van der Waals surface area contributed by atoms with Crippen LogP contribution < -0.4 is 5.43 Å². The Balaban J connectivity index is 1.96. The van der Waals surface area contributed by atoms with E-state index in [0.717, 1.165) is 5.56 Å². The van der Waals surface area contributed by atoms with Gasteiger partial charge in [0.25, 0.3) is 0 Å². The minimum absolute atomic E-state index is 0.0793. The summed E-state index contributed by atoms with van der Waals surface area (Å²) in [5.74, 6) is -1.24. The van der Waals surface area contributed by atoms with Crippen molar-refractivity contribution < 1.29 is 19.4 Å². The molecular formula is C16H14N2O4. The van der Waals surface area contributed by atoms with Gasteiger partial charge in [-0.3, -0.25) is 0 Å². The van der Waals surface area contributed by atoms with Crippen molar-refractivity contribution in [2.75, 3.05) is 0 Å². The molecule has 6 nitrogen and oxygen atoms in total. The van der Waals surface area contributed by atoms with Crippen molar-refractivity contribution in [1.29, 1.82) is 0 Å². The summed E-state index contributed by atoms with van der Waals surface area (Å²) in [6.45, 7) is 0.0793. The first-order valence-electron chi connectivity index (χ1n) is 6.50. The Morgan fingerprint density at radius 2 is 1.59 bits per heavy atom. The van der Waals surface area contributed by atoms with Gasteiger partial charge in [0.15, 0.2) is 5.71 Å². The topological polar surface area (TPSA) is 88.0 Å². The van der Waals surface area contributed by atoms with Gasteiger partial charge in [0.05, 0.1) is 0 Å². The highest BCUT2D eigenvalue weighted by Gasteiger charge is 2.13. The minimum Gasteiger partial charge on any atom is -0.476 e. The summed E-state index contributed by atoms with van der Waals surface area (Å²) in [6.07, 6.45) is -0.821. The molecule has 1 amide bonds. The van der Waals surface area contributed by atoms with Crippen molar-refractivity contribution >= 4 is 17.8 Å². The van der Waals surface area contributed by atoms with Crippen LogP contribution in [0.1, 0.15) is 11.1 Å². The Bertz CT molecular complexity index is 669. The molecular weight excluding hydrogens is 284 g/mol. The van der Waals surface area contributed by atoms with Crippen LogP contribution in [-0.4, -0.2) is 22.9 Å². The van der Waals surface area contributed by atoms with Crippen LogP contribution in [0.3, 0.4) is 0 Å². The molecule has 0 spiro atoms. The van der Waals surface area contributed by atoms with E-state index in [1.807, 2.05) is 30.3 Å². The van der Waals surface area contributed by atoms with E-state index in [-0.39, 0.29) is 12.3 Å². The highest BCUT2D eigenvalue weighted by Crippen LogP contribution is 2.02. The number of hydrogen-bond acceptors (Lipinski definition) is 4. The van der Waals surface area contributed by atoms with Crippen molar-refractivity contribution in [1.82, 2.24) is 5.43 Å². The zero-order valence-electron chi connectivity index (χ0n) is 11.6. The van der Waals surface area contributed by atoms with Crippen LogP contribution in [-0.2, 0) is 16.1 Å². The predicted octanol–water partition coefficient (Wildman–Crippen LogP) is 2.40. The molecule has 2 rings (SSSR count). The lowest BCUT2D eigenvalue weighted by Crippen LogP contribution is -2.24. The zero-order chi connectivity index (χ0) is 15.8. The van der Waals surface area contributed by atoms with Crippen molar-refractivity contribution in [2.24, 2.45) is 5.10 Å². The highest BCUT2D eigenvalue weighted by atomic mass is 16.6. The molecule has 22 heavy (non-hydrogen) atoms. The van der Waals surface area contributed by atoms with Crippen LogP contribution in [0.15, 0.2) is 65.8 Å². The third kappa shape index (κ3) is 4.45. The molecule has 0 atom stereocenters. The number of nitrogens with one attached hydrogen (secondary N) is 1. The molecule has 112 valence electrons. The van der Waals surface area contributed by atoms with Gasteiger partial charge in [-0.1, -0.05) is 60.7 Å². The minimum atomic E-state index is -1.24. The number of aliphatic carboxylic acids is 1. The van der Waals surface area contributed by atoms with E-state index in [9.17, 15) is 9.59 Å². The Morgan fingerprint density at radius 1 is 1.00 bits per heavy atom. The lowest BCUT2D eigenvalue weighted by atomic mass is 10.1. The van der Waals surface area contributed by atoms with Gasteiger partial charge in [-0.25, -0.2) is 15.0 Å². The van der Waals surface area contributed by atoms with Crippen LogP contribution in [0.5, 0.6) is 0 Å². The smallest absolute Gasteiger partial charge is 0.428 e. The number of carbonyl (C=O) groups excluding carboxylic acids is 1. The number of ether oxygens (including phenoxy) is 1. The number of benzene rings is 2. The number of hydrazone groups is 1. The second-order valence-corrected chi connectivity index (χ2v) is 4.31. The van der Waals surface area contributed by atoms with Crippen LogP contribution in [0.2, 0.25) is 0 Å². The molecule has 0 saturated heterocycles.